The van der Waals surface area contributed by atoms with Gasteiger partial charge in [-0.15, -0.1) is 13.2 Å². The van der Waals surface area contributed by atoms with Crippen LogP contribution in [0.25, 0.3) is 0 Å². The predicted molar refractivity (Wildman–Crippen MR) is 83.9 cm³/mol. The van der Waals surface area contributed by atoms with Crippen LogP contribution in [0.4, 0.5) is 13.2 Å². The maximum atomic E-state index is 12.1. The maximum absolute atomic E-state index is 12.1. The Hall–Kier alpha value is -3.03. The van der Waals surface area contributed by atoms with Crippen LogP contribution in [-0.4, -0.2) is 18.2 Å². The highest BCUT2D eigenvalue weighted by Crippen LogP contribution is 2.22. The average molecular weight is 352 g/mol. The minimum absolute atomic E-state index is 0.0659. The van der Waals surface area contributed by atoms with Crippen LogP contribution in [-0.2, 0) is 6.42 Å². The van der Waals surface area contributed by atoms with E-state index in [0.29, 0.717) is 5.56 Å². The van der Waals surface area contributed by atoms with Crippen LogP contribution in [0.15, 0.2) is 48.5 Å². The van der Waals surface area contributed by atoms with Crippen LogP contribution in [0.2, 0.25) is 0 Å². The Morgan fingerprint density at radius 3 is 1.72 bits per heavy atom. The summed E-state index contributed by atoms with van der Waals surface area (Å²) in [5.41, 5.74) is 5.93. The molecule has 132 valence electrons. The van der Waals surface area contributed by atoms with Crippen molar-refractivity contribution in [2.75, 3.05) is 0 Å². The molecule has 0 aliphatic rings. The standard InChI is InChI=1S/C17H15F3N2O3/c1-2-11-3-5-12(6-4-11)15(23)21-22-16(24)13-7-9-14(10-8-13)25-17(18,19)20/h3-10H,2H2,1H3,(H,21,23)(H,22,24). The highest BCUT2D eigenvalue weighted by atomic mass is 19.4. The molecule has 0 fully saturated rings. The second-order valence-corrected chi connectivity index (χ2v) is 5.03. The van der Waals surface area contributed by atoms with Gasteiger partial charge in [0.2, 0.25) is 0 Å². The Kier molecular flexibility index (Phi) is 5.63. The summed E-state index contributed by atoms with van der Waals surface area (Å²) in [6.07, 6.45) is -3.96. The van der Waals surface area contributed by atoms with E-state index in [2.05, 4.69) is 15.6 Å². The first kappa shape index (κ1) is 18.3. The molecular weight excluding hydrogens is 337 g/mol. The highest BCUT2D eigenvalue weighted by Gasteiger charge is 2.31. The number of benzene rings is 2. The largest absolute Gasteiger partial charge is 0.573 e. The van der Waals surface area contributed by atoms with Gasteiger partial charge in [0.1, 0.15) is 5.75 Å². The van der Waals surface area contributed by atoms with E-state index in [9.17, 15) is 22.8 Å². The summed E-state index contributed by atoms with van der Waals surface area (Å²) < 4.78 is 39.9. The number of hydrogen-bond acceptors (Lipinski definition) is 3. The fourth-order valence-corrected chi connectivity index (χ4v) is 1.96. The molecule has 0 heterocycles. The summed E-state index contributed by atoms with van der Waals surface area (Å²) in [5, 5.41) is 0. The second-order valence-electron chi connectivity index (χ2n) is 5.03. The van der Waals surface area contributed by atoms with Gasteiger partial charge in [-0.25, -0.2) is 0 Å². The fourth-order valence-electron chi connectivity index (χ4n) is 1.96. The van der Waals surface area contributed by atoms with Crippen LogP contribution in [0.5, 0.6) is 5.75 Å². The Morgan fingerprint density at radius 2 is 1.32 bits per heavy atom. The summed E-state index contributed by atoms with van der Waals surface area (Å²) in [6, 6.07) is 11.2. The lowest BCUT2D eigenvalue weighted by Gasteiger charge is -2.10. The molecule has 0 saturated heterocycles. The molecule has 0 spiro atoms. The zero-order valence-corrected chi connectivity index (χ0v) is 13.2. The van der Waals surface area contributed by atoms with Crippen molar-refractivity contribution >= 4 is 11.8 Å². The first-order valence-electron chi connectivity index (χ1n) is 7.34. The maximum Gasteiger partial charge on any atom is 0.573 e. The Morgan fingerprint density at radius 1 is 0.880 bits per heavy atom. The van der Waals surface area contributed by atoms with Gasteiger partial charge in [0, 0.05) is 11.1 Å². The minimum atomic E-state index is -4.80. The number of rotatable bonds is 4. The monoisotopic (exact) mass is 352 g/mol. The molecule has 2 amide bonds. The van der Waals surface area contributed by atoms with Crippen molar-refractivity contribution in [3.8, 4) is 5.75 Å². The number of amides is 2. The topological polar surface area (TPSA) is 67.4 Å². The normalized spacial score (nSPS) is 10.9. The molecule has 2 aromatic rings. The van der Waals surface area contributed by atoms with Crippen molar-refractivity contribution in [1.82, 2.24) is 10.9 Å². The first-order valence-corrected chi connectivity index (χ1v) is 7.34. The molecule has 2 N–H and O–H groups in total. The second kappa shape index (κ2) is 7.69. The molecule has 0 bridgehead atoms. The van der Waals surface area contributed by atoms with Crippen molar-refractivity contribution < 1.29 is 27.5 Å². The van der Waals surface area contributed by atoms with Gasteiger partial charge in [-0.2, -0.15) is 0 Å². The molecule has 0 atom stereocenters. The van der Waals surface area contributed by atoms with E-state index >= 15 is 0 Å². The van der Waals surface area contributed by atoms with Gasteiger partial charge in [0.25, 0.3) is 11.8 Å². The number of nitrogens with one attached hydrogen (secondary N) is 2. The van der Waals surface area contributed by atoms with E-state index in [-0.39, 0.29) is 5.56 Å². The Balaban J connectivity index is 1.91. The zero-order chi connectivity index (χ0) is 18.4. The van der Waals surface area contributed by atoms with Crippen molar-refractivity contribution in [2.45, 2.75) is 19.7 Å². The molecule has 0 aromatic heterocycles. The van der Waals surface area contributed by atoms with E-state index < -0.39 is 23.9 Å². The van der Waals surface area contributed by atoms with Crippen molar-refractivity contribution in [2.24, 2.45) is 0 Å². The molecular formula is C17H15F3N2O3. The molecule has 0 aliphatic carbocycles. The van der Waals surface area contributed by atoms with Crippen LogP contribution in [0.3, 0.4) is 0 Å². The van der Waals surface area contributed by atoms with E-state index in [1.807, 2.05) is 6.92 Å². The van der Waals surface area contributed by atoms with Gasteiger partial charge in [0.15, 0.2) is 0 Å². The Labute approximate surface area is 141 Å². The van der Waals surface area contributed by atoms with Crippen molar-refractivity contribution in [3.63, 3.8) is 0 Å². The molecule has 0 saturated carbocycles. The van der Waals surface area contributed by atoms with Crippen molar-refractivity contribution in [3.05, 3.63) is 65.2 Å². The first-order chi connectivity index (χ1) is 11.8. The molecule has 8 heteroatoms. The molecule has 25 heavy (non-hydrogen) atoms. The molecule has 2 rings (SSSR count). The molecule has 0 aliphatic heterocycles. The van der Waals surface area contributed by atoms with E-state index in [4.69, 9.17) is 0 Å². The third kappa shape index (κ3) is 5.52. The van der Waals surface area contributed by atoms with Crippen LogP contribution >= 0.6 is 0 Å². The number of carbonyl (C=O) groups excluding carboxylic acids is 2. The van der Waals surface area contributed by atoms with Gasteiger partial charge in [-0.3, -0.25) is 20.4 Å². The number of carbonyl (C=O) groups is 2. The fraction of sp³-hybridized carbons (Fsp3) is 0.176. The summed E-state index contributed by atoms with van der Waals surface area (Å²) >= 11 is 0. The van der Waals surface area contributed by atoms with Crippen LogP contribution in [0, 0.1) is 0 Å². The smallest absolute Gasteiger partial charge is 0.406 e. The summed E-state index contributed by atoms with van der Waals surface area (Å²) in [4.78, 5) is 23.8. The van der Waals surface area contributed by atoms with Gasteiger partial charge in [-0.05, 0) is 48.4 Å². The zero-order valence-electron chi connectivity index (χ0n) is 13.2. The molecule has 2 aromatic carbocycles. The SMILES string of the molecule is CCc1ccc(C(=O)NNC(=O)c2ccc(OC(F)(F)F)cc2)cc1. The quantitative estimate of drug-likeness (QED) is 0.831. The van der Waals surface area contributed by atoms with Crippen LogP contribution < -0.4 is 15.6 Å². The van der Waals surface area contributed by atoms with Gasteiger partial charge in [0.05, 0.1) is 0 Å². The van der Waals surface area contributed by atoms with Crippen LogP contribution in [0.1, 0.15) is 33.2 Å². The number of aryl methyl sites for hydroxylation is 1. The van der Waals surface area contributed by atoms with E-state index in [0.717, 1.165) is 36.2 Å². The van der Waals surface area contributed by atoms with Gasteiger partial charge < -0.3 is 4.74 Å². The number of hydrazine groups is 1. The molecule has 5 nitrogen and oxygen atoms in total. The lowest BCUT2D eigenvalue weighted by molar-refractivity contribution is -0.274. The van der Waals surface area contributed by atoms with E-state index in [1.54, 1.807) is 24.3 Å². The predicted octanol–water partition coefficient (Wildman–Crippen LogP) is 3.22. The Bertz CT molecular complexity index is 741. The number of alkyl halides is 3. The van der Waals surface area contributed by atoms with Crippen molar-refractivity contribution in [1.29, 1.82) is 0 Å². The number of halogens is 3. The van der Waals surface area contributed by atoms with Gasteiger partial charge in [-0.1, -0.05) is 19.1 Å². The summed E-state index contributed by atoms with van der Waals surface area (Å²) in [6.45, 7) is 1.99. The molecule has 0 unspecified atom stereocenters. The summed E-state index contributed by atoms with van der Waals surface area (Å²) in [7, 11) is 0. The minimum Gasteiger partial charge on any atom is -0.406 e. The third-order valence-corrected chi connectivity index (χ3v) is 3.26. The third-order valence-electron chi connectivity index (χ3n) is 3.26. The van der Waals surface area contributed by atoms with Gasteiger partial charge >= 0.3 is 6.36 Å². The lowest BCUT2D eigenvalue weighted by Crippen LogP contribution is -2.41. The van der Waals surface area contributed by atoms with E-state index in [1.165, 1.54) is 0 Å². The average Bonchev–Trinajstić information content (AvgIpc) is 2.58. The summed E-state index contributed by atoms with van der Waals surface area (Å²) in [5.74, 6) is -1.62. The highest BCUT2D eigenvalue weighted by molar-refractivity contribution is 5.99. The lowest BCUT2D eigenvalue weighted by atomic mass is 10.1. The number of hydrogen-bond donors (Lipinski definition) is 2. The molecule has 0 radical (unpaired) electrons. The number of ether oxygens (including phenoxy) is 1.